The highest BCUT2D eigenvalue weighted by Gasteiger charge is 2.06. The summed E-state index contributed by atoms with van der Waals surface area (Å²) in [5, 5.41) is 13.2. The molecule has 0 saturated heterocycles. The molecule has 2 rings (SSSR count). The van der Waals surface area contributed by atoms with Gasteiger partial charge >= 0.3 is 0 Å². The molecule has 1 aromatic heterocycles. The SMILES string of the molecule is Cc1ccc(-c2ccno2)c(O)c1. The highest BCUT2D eigenvalue weighted by molar-refractivity contribution is 5.65. The van der Waals surface area contributed by atoms with Crippen LogP contribution in [-0.2, 0) is 0 Å². The molecule has 0 saturated carbocycles. The summed E-state index contributed by atoms with van der Waals surface area (Å²) in [7, 11) is 0. The third kappa shape index (κ3) is 1.40. The van der Waals surface area contributed by atoms with E-state index in [0.29, 0.717) is 11.3 Å². The largest absolute Gasteiger partial charge is 0.507 e. The molecule has 13 heavy (non-hydrogen) atoms. The van der Waals surface area contributed by atoms with Crippen LogP contribution in [0.5, 0.6) is 5.75 Å². The molecule has 0 radical (unpaired) electrons. The van der Waals surface area contributed by atoms with Crippen LogP contribution < -0.4 is 0 Å². The molecule has 0 atom stereocenters. The van der Waals surface area contributed by atoms with Crippen LogP contribution in [0.1, 0.15) is 5.56 Å². The molecular weight excluding hydrogens is 166 g/mol. The Labute approximate surface area is 75.6 Å². The number of aromatic nitrogens is 1. The zero-order valence-electron chi connectivity index (χ0n) is 7.19. The summed E-state index contributed by atoms with van der Waals surface area (Å²) < 4.78 is 4.93. The number of phenolic OH excluding ortho intramolecular Hbond substituents is 1. The Balaban J connectivity index is 2.53. The monoisotopic (exact) mass is 175 g/mol. The lowest BCUT2D eigenvalue weighted by atomic mass is 10.1. The number of rotatable bonds is 1. The summed E-state index contributed by atoms with van der Waals surface area (Å²) in [6.07, 6.45) is 1.55. The molecule has 3 nitrogen and oxygen atoms in total. The molecule has 0 fully saturated rings. The Morgan fingerprint density at radius 3 is 2.77 bits per heavy atom. The lowest BCUT2D eigenvalue weighted by Gasteiger charge is -2.00. The van der Waals surface area contributed by atoms with Gasteiger partial charge in [0.05, 0.1) is 11.8 Å². The van der Waals surface area contributed by atoms with Crippen molar-refractivity contribution in [3.05, 3.63) is 36.0 Å². The van der Waals surface area contributed by atoms with E-state index in [2.05, 4.69) is 5.16 Å². The third-order valence-corrected chi connectivity index (χ3v) is 1.86. The fourth-order valence-electron chi connectivity index (χ4n) is 1.20. The number of nitrogens with zero attached hydrogens (tertiary/aromatic N) is 1. The molecular formula is C10H9NO2. The van der Waals surface area contributed by atoms with Crippen LogP contribution >= 0.6 is 0 Å². The fraction of sp³-hybridized carbons (Fsp3) is 0.100. The van der Waals surface area contributed by atoms with Gasteiger partial charge in [-0.15, -0.1) is 0 Å². The van der Waals surface area contributed by atoms with Gasteiger partial charge in [0.25, 0.3) is 0 Å². The van der Waals surface area contributed by atoms with Crippen molar-refractivity contribution in [2.45, 2.75) is 6.92 Å². The first-order valence-electron chi connectivity index (χ1n) is 3.98. The van der Waals surface area contributed by atoms with Crippen molar-refractivity contribution in [2.24, 2.45) is 0 Å². The van der Waals surface area contributed by atoms with E-state index < -0.39 is 0 Å². The van der Waals surface area contributed by atoms with Gasteiger partial charge in [0, 0.05) is 6.07 Å². The Morgan fingerprint density at radius 1 is 1.31 bits per heavy atom. The van der Waals surface area contributed by atoms with Crippen molar-refractivity contribution < 1.29 is 9.63 Å². The number of benzene rings is 1. The van der Waals surface area contributed by atoms with Gasteiger partial charge in [-0.25, -0.2) is 0 Å². The smallest absolute Gasteiger partial charge is 0.170 e. The zero-order valence-corrected chi connectivity index (χ0v) is 7.19. The third-order valence-electron chi connectivity index (χ3n) is 1.86. The standard InChI is InChI=1S/C10H9NO2/c1-7-2-3-8(9(12)6-7)10-4-5-11-13-10/h2-6,12H,1H3. The predicted molar refractivity (Wildman–Crippen MR) is 48.3 cm³/mol. The fourth-order valence-corrected chi connectivity index (χ4v) is 1.20. The molecule has 0 amide bonds. The lowest BCUT2D eigenvalue weighted by molar-refractivity contribution is 0.426. The Morgan fingerprint density at radius 2 is 2.15 bits per heavy atom. The van der Waals surface area contributed by atoms with Crippen molar-refractivity contribution in [1.29, 1.82) is 0 Å². The lowest BCUT2D eigenvalue weighted by Crippen LogP contribution is -1.77. The van der Waals surface area contributed by atoms with E-state index in [4.69, 9.17) is 4.52 Å². The normalized spacial score (nSPS) is 10.2. The van der Waals surface area contributed by atoms with E-state index in [9.17, 15) is 5.11 Å². The van der Waals surface area contributed by atoms with Crippen LogP contribution in [0.25, 0.3) is 11.3 Å². The van der Waals surface area contributed by atoms with Crippen LogP contribution in [0.15, 0.2) is 35.0 Å². The molecule has 0 aliphatic rings. The van der Waals surface area contributed by atoms with Gasteiger partial charge in [-0.05, 0) is 24.6 Å². The topological polar surface area (TPSA) is 46.3 Å². The minimum Gasteiger partial charge on any atom is -0.507 e. The second-order valence-electron chi connectivity index (χ2n) is 2.90. The van der Waals surface area contributed by atoms with Gasteiger partial charge < -0.3 is 9.63 Å². The second-order valence-corrected chi connectivity index (χ2v) is 2.90. The zero-order chi connectivity index (χ0) is 9.26. The number of aryl methyl sites for hydroxylation is 1. The van der Waals surface area contributed by atoms with Gasteiger partial charge in [-0.3, -0.25) is 0 Å². The van der Waals surface area contributed by atoms with E-state index in [-0.39, 0.29) is 5.75 Å². The van der Waals surface area contributed by atoms with E-state index in [1.165, 1.54) is 0 Å². The molecule has 0 aliphatic carbocycles. The summed E-state index contributed by atoms with van der Waals surface area (Å²) in [6, 6.07) is 7.13. The molecule has 1 heterocycles. The van der Waals surface area contributed by atoms with Crippen LogP contribution in [-0.4, -0.2) is 10.3 Å². The maximum Gasteiger partial charge on any atom is 0.170 e. The van der Waals surface area contributed by atoms with Gasteiger partial charge in [-0.1, -0.05) is 11.2 Å². The highest BCUT2D eigenvalue weighted by atomic mass is 16.5. The maximum atomic E-state index is 9.58. The van der Waals surface area contributed by atoms with Gasteiger partial charge in [0.15, 0.2) is 5.76 Å². The van der Waals surface area contributed by atoms with Crippen LogP contribution in [0.2, 0.25) is 0 Å². The van der Waals surface area contributed by atoms with Crippen molar-refractivity contribution in [3.63, 3.8) is 0 Å². The maximum absolute atomic E-state index is 9.58. The minimum atomic E-state index is 0.219. The molecule has 0 spiro atoms. The molecule has 3 heteroatoms. The Bertz CT molecular complexity index is 407. The van der Waals surface area contributed by atoms with Crippen LogP contribution in [0, 0.1) is 6.92 Å². The number of hydrogen-bond donors (Lipinski definition) is 1. The van der Waals surface area contributed by atoms with E-state index >= 15 is 0 Å². The highest BCUT2D eigenvalue weighted by Crippen LogP contribution is 2.29. The van der Waals surface area contributed by atoms with E-state index in [1.807, 2.05) is 19.1 Å². The molecule has 2 aromatic rings. The van der Waals surface area contributed by atoms with Gasteiger partial charge in [0.2, 0.25) is 0 Å². The van der Waals surface area contributed by atoms with Gasteiger partial charge in [-0.2, -0.15) is 0 Å². The van der Waals surface area contributed by atoms with Crippen molar-refractivity contribution >= 4 is 0 Å². The first-order valence-corrected chi connectivity index (χ1v) is 3.98. The molecule has 1 aromatic carbocycles. The molecule has 0 aliphatic heterocycles. The number of hydrogen-bond acceptors (Lipinski definition) is 3. The predicted octanol–water partition coefficient (Wildman–Crippen LogP) is 2.36. The average molecular weight is 175 g/mol. The Hall–Kier alpha value is -1.77. The summed E-state index contributed by atoms with van der Waals surface area (Å²) in [5.74, 6) is 0.800. The quantitative estimate of drug-likeness (QED) is 0.723. The molecule has 0 bridgehead atoms. The summed E-state index contributed by atoms with van der Waals surface area (Å²) >= 11 is 0. The molecule has 1 N–H and O–H groups in total. The first kappa shape index (κ1) is 7.86. The van der Waals surface area contributed by atoms with Crippen molar-refractivity contribution in [3.8, 4) is 17.1 Å². The van der Waals surface area contributed by atoms with Gasteiger partial charge in [0.1, 0.15) is 5.75 Å². The van der Waals surface area contributed by atoms with E-state index in [1.54, 1.807) is 18.3 Å². The van der Waals surface area contributed by atoms with Crippen LogP contribution in [0.4, 0.5) is 0 Å². The summed E-state index contributed by atoms with van der Waals surface area (Å²) in [5.41, 5.74) is 1.68. The number of aromatic hydroxyl groups is 1. The van der Waals surface area contributed by atoms with Crippen LogP contribution in [0.3, 0.4) is 0 Å². The van der Waals surface area contributed by atoms with Crippen molar-refractivity contribution in [2.75, 3.05) is 0 Å². The molecule has 0 unspecified atom stereocenters. The van der Waals surface area contributed by atoms with Crippen molar-refractivity contribution in [1.82, 2.24) is 5.16 Å². The summed E-state index contributed by atoms with van der Waals surface area (Å²) in [4.78, 5) is 0. The molecule has 66 valence electrons. The van der Waals surface area contributed by atoms with E-state index in [0.717, 1.165) is 5.56 Å². The Kier molecular flexibility index (Phi) is 1.77. The minimum absolute atomic E-state index is 0.219. The second kappa shape index (κ2) is 2.94. The first-order chi connectivity index (χ1) is 6.27. The average Bonchev–Trinajstić information content (AvgIpc) is 2.56. The summed E-state index contributed by atoms with van der Waals surface area (Å²) in [6.45, 7) is 1.92. The number of phenols is 1.